The van der Waals surface area contributed by atoms with E-state index in [1.807, 2.05) is 47.6 Å². The van der Waals surface area contributed by atoms with E-state index in [1.165, 1.54) is 0 Å². The van der Waals surface area contributed by atoms with Crippen LogP contribution >= 0.6 is 15.2 Å². The molecule has 0 aliphatic rings. The van der Waals surface area contributed by atoms with Gasteiger partial charge in [-0.15, -0.1) is 0 Å². The van der Waals surface area contributed by atoms with E-state index in [0.29, 0.717) is 11.5 Å². The van der Waals surface area contributed by atoms with Crippen molar-refractivity contribution in [2.75, 3.05) is 26.5 Å². The van der Waals surface area contributed by atoms with Gasteiger partial charge >= 0.3 is 7.82 Å². The molecule has 6 nitrogen and oxygen atoms in total. The number of hydrogen-bond acceptors (Lipinski definition) is 6. The number of phosphoric acid groups is 1. The third-order valence-electron chi connectivity index (χ3n) is 3.80. The van der Waals surface area contributed by atoms with Gasteiger partial charge in [-0.3, -0.25) is 13.6 Å². The smallest absolute Gasteiger partial charge is 0.443 e. The molecule has 162 valence electrons. The molecule has 0 aliphatic carbocycles. The van der Waals surface area contributed by atoms with Crippen LogP contribution in [0.3, 0.4) is 0 Å². The Hall–Kier alpha value is -0.800. The van der Waals surface area contributed by atoms with Crippen LogP contribution in [0, 0.1) is 0 Å². The molecule has 0 atom stereocenters. The highest BCUT2D eigenvalue weighted by Crippen LogP contribution is 2.54. The summed E-state index contributed by atoms with van der Waals surface area (Å²) in [4.78, 5) is 0. The molecule has 0 unspecified atom stereocenters. The predicted octanol–water partition coefficient (Wildman–Crippen LogP) is 6.76. The Morgan fingerprint density at radius 2 is 1.11 bits per heavy atom. The molecule has 1 aromatic carbocycles. The second-order valence-electron chi connectivity index (χ2n) is 9.06. The number of hydrogen-bond donors (Lipinski definition) is 0. The van der Waals surface area contributed by atoms with Gasteiger partial charge in [-0.05, 0) is 36.8 Å². The Balaban J connectivity index is 3.70. The van der Waals surface area contributed by atoms with E-state index in [2.05, 4.69) is 0 Å². The Labute approximate surface area is 170 Å². The normalized spacial score (nSPS) is 13.5. The van der Waals surface area contributed by atoms with Gasteiger partial charge in [0.2, 0.25) is 7.37 Å². The van der Waals surface area contributed by atoms with Crippen LogP contribution in [0.5, 0.6) is 11.5 Å². The first-order chi connectivity index (χ1) is 12.5. The van der Waals surface area contributed by atoms with Gasteiger partial charge in [-0.25, -0.2) is 4.57 Å². The van der Waals surface area contributed by atoms with Crippen molar-refractivity contribution in [1.82, 2.24) is 0 Å². The molecule has 28 heavy (non-hydrogen) atoms. The molecule has 0 spiro atoms. The maximum atomic E-state index is 13.0. The standard InChI is InChI=1S/C20H36O6P2/c1-11-23-28(22,24-12-2)26-18-14-15(19(3,4)5)17(25-27(9,10)21)13-16(18)20(6,7)8/h13-14H,11-12H2,1-10H3. The van der Waals surface area contributed by atoms with Crippen LogP contribution in [0.4, 0.5) is 0 Å². The molecule has 0 saturated carbocycles. The summed E-state index contributed by atoms with van der Waals surface area (Å²) in [7, 11) is -6.54. The third-order valence-corrected chi connectivity index (χ3v) is 6.01. The Bertz CT molecular complexity index is 758. The molecule has 0 aliphatic heterocycles. The largest absolute Gasteiger partial charge is 0.530 e. The first-order valence-electron chi connectivity index (χ1n) is 9.54. The summed E-state index contributed by atoms with van der Waals surface area (Å²) < 4.78 is 47.7. The molecule has 0 heterocycles. The van der Waals surface area contributed by atoms with Crippen LogP contribution in [0.25, 0.3) is 0 Å². The van der Waals surface area contributed by atoms with E-state index in [0.717, 1.165) is 11.1 Å². The minimum Gasteiger partial charge on any atom is -0.443 e. The van der Waals surface area contributed by atoms with Crippen molar-refractivity contribution in [3.8, 4) is 11.5 Å². The second kappa shape index (κ2) is 8.92. The van der Waals surface area contributed by atoms with Crippen LogP contribution in [-0.4, -0.2) is 26.5 Å². The minimum absolute atomic E-state index is 0.199. The number of rotatable bonds is 8. The van der Waals surface area contributed by atoms with Gasteiger partial charge in [-0.2, -0.15) is 0 Å². The van der Waals surface area contributed by atoms with Gasteiger partial charge in [0.15, 0.2) is 0 Å². The summed E-state index contributed by atoms with van der Waals surface area (Å²) in [6.07, 6.45) is 0. The molecule has 0 amide bonds. The van der Waals surface area contributed by atoms with Crippen LogP contribution in [0.15, 0.2) is 12.1 Å². The highest BCUT2D eigenvalue weighted by Gasteiger charge is 2.33. The summed E-state index contributed by atoms with van der Waals surface area (Å²) in [6.45, 7) is 19.1. The van der Waals surface area contributed by atoms with Crippen molar-refractivity contribution in [3.63, 3.8) is 0 Å². The van der Waals surface area contributed by atoms with E-state index in [4.69, 9.17) is 18.1 Å². The molecular formula is C20H36O6P2. The average molecular weight is 434 g/mol. The van der Waals surface area contributed by atoms with Gasteiger partial charge in [0.25, 0.3) is 0 Å². The zero-order chi connectivity index (χ0) is 22.0. The first-order valence-corrected chi connectivity index (χ1v) is 13.5. The molecule has 8 heteroatoms. The van der Waals surface area contributed by atoms with E-state index in [-0.39, 0.29) is 24.0 Å². The zero-order valence-electron chi connectivity index (χ0n) is 18.9. The fraction of sp³-hybridized carbons (Fsp3) is 0.700. The van der Waals surface area contributed by atoms with Crippen molar-refractivity contribution in [3.05, 3.63) is 23.3 Å². The van der Waals surface area contributed by atoms with E-state index in [9.17, 15) is 9.13 Å². The monoisotopic (exact) mass is 434 g/mol. The van der Waals surface area contributed by atoms with Gasteiger partial charge in [0, 0.05) is 24.5 Å². The quantitative estimate of drug-likeness (QED) is 0.421. The summed E-state index contributed by atoms with van der Waals surface area (Å²) in [5.74, 6) is 0.956. The van der Waals surface area contributed by atoms with Gasteiger partial charge in [0.05, 0.1) is 13.2 Å². The Morgan fingerprint density at radius 1 is 0.750 bits per heavy atom. The summed E-state index contributed by atoms with van der Waals surface area (Å²) in [5, 5.41) is 0. The highest BCUT2D eigenvalue weighted by molar-refractivity contribution is 7.57. The fourth-order valence-electron chi connectivity index (χ4n) is 2.65. The van der Waals surface area contributed by atoms with Gasteiger partial charge < -0.3 is 9.05 Å². The topological polar surface area (TPSA) is 71.1 Å². The Kier molecular flexibility index (Phi) is 8.04. The first kappa shape index (κ1) is 25.2. The highest BCUT2D eigenvalue weighted by atomic mass is 31.2. The number of phosphoric ester groups is 1. The van der Waals surface area contributed by atoms with Gasteiger partial charge in [-0.1, -0.05) is 41.5 Å². The van der Waals surface area contributed by atoms with Crippen molar-refractivity contribution in [1.29, 1.82) is 0 Å². The SMILES string of the molecule is CCOP(=O)(OCC)Oc1cc(C(C)(C)C)c(OP(C)(C)=O)cc1C(C)(C)C. The zero-order valence-corrected chi connectivity index (χ0v) is 20.7. The molecule has 0 aromatic heterocycles. The molecule has 1 aromatic rings. The lowest BCUT2D eigenvalue weighted by Crippen LogP contribution is -2.18. The van der Waals surface area contributed by atoms with Crippen LogP contribution in [0.1, 0.15) is 66.5 Å². The summed E-state index contributed by atoms with van der Waals surface area (Å²) in [6, 6.07) is 3.63. The second-order valence-corrected chi connectivity index (χ2v) is 13.3. The maximum Gasteiger partial charge on any atom is 0.530 e. The van der Waals surface area contributed by atoms with Crippen LogP contribution < -0.4 is 9.05 Å². The average Bonchev–Trinajstić information content (AvgIpc) is 2.45. The van der Waals surface area contributed by atoms with Crippen molar-refractivity contribution in [2.45, 2.75) is 66.2 Å². The Morgan fingerprint density at radius 3 is 1.39 bits per heavy atom. The number of benzene rings is 1. The van der Waals surface area contributed by atoms with E-state index in [1.54, 1.807) is 33.2 Å². The predicted molar refractivity (Wildman–Crippen MR) is 115 cm³/mol. The lowest BCUT2D eigenvalue weighted by molar-refractivity contribution is 0.166. The van der Waals surface area contributed by atoms with Crippen LogP contribution in [0.2, 0.25) is 0 Å². The molecule has 0 bridgehead atoms. The molecule has 1 rings (SSSR count). The van der Waals surface area contributed by atoms with Crippen LogP contribution in [-0.2, 0) is 29.0 Å². The lowest BCUT2D eigenvalue weighted by atomic mass is 9.81. The van der Waals surface area contributed by atoms with Gasteiger partial charge in [0.1, 0.15) is 11.5 Å². The van der Waals surface area contributed by atoms with E-state index < -0.39 is 15.2 Å². The van der Waals surface area contributed by atoms with E-state index >= 15 is 0 Å². The minimum atomic E-state index is -3.76. The molecule has 0 radical (unpaired) electrons. The molecular weight excluding hydrogens is 398 g/mol. The molecule has 0 N–H and O–H groups in total. The molecule has 0 fully saturated rings. The summed E-state index contributed by atoms with van der Waals surface area (Å²) in [5.41, 5.74) is 0.904. The van der Waals surface area contributed by atoms with Crippen molar-refractivity contribution < 1.29 is 27.2 Å². The fourth-order valence-corrected chi connectivity index (χ4v) is 4.48. The van der Waals surface area contributed by atoms with Crippen molar-refractivity contribution >= 4 is 15.2 Å². The third kappa shape index (κ3) is 7.22. The summed E-state index contributed by atoms with van der Waals surface area (Å²) >= 11 is 0. The van der Waals surface area contributed by atoms with Crippen molar-refractivity contribution in [2.24, 2.45) is 0 Å². The molecule has 0 saturated heterocycles. The maximum absolute atomic E-state index is 13.0. The lowest BCUT2D eigenvalue weighted by Gasteiger charge is -2.30.